The van der Waals surface area contributed by atoms with Crippen LogP contribution in [0.2, 0.25) is 0 Å². The van der Waals surface area contributed by atoms with Crippen LogP contribution in [0.4, 0.5) is 13.2 Å². The predicted molar refractivity (Wildman–Crippen MR) is 79.7 cm³/mol. The van der Waals surface area contributed by atoms with Gasteiger partial charge in [-0.15, -0.1) is 0 Å². The molecule has 1 aromatic carbocycles. The van der Waals surface area contributed by atoms with Crippen molar-refractivity contribution in [3.63, 3.8) is 0 Å². The van der Waals surface area contributed by atoms with Crippen molar-refractivity contribution in [2.45, 2.75) is 13.1 Å². The second-order valence-corrected chi connectivity index (χ2v) is 6.16. The van der Waals surface area contributed by atoms with Gasteiger partial charge in [-0.05, 0) is 64.2 Å². The smallest absolute Gasteiger partial charge is 0.401 e. The van der Waals surface area contributed by atoms with E-state index in [1.807, 2.05) is 22.6 Å². The predicted octanol–water partition coefficient (Wildman–Crippen LogP) is 3.70. The molecule has 1 aromatic rings. The normalized spacial score (nSPS) is 12.9. The van der Waals surface area contributed by atoms with Crippen molar-refractivity contribution < 1.29 is 32.6 Å². The van der Waals surface area contributed by atoms with E-state index in [2.05, 4.69) is 4.74 Å². The summed E-state index contributed by atoms with van der Waals surface area (Å²) in [5.41, 5.74) is -0.357. The van der Waals surface area contributed by atoms with Crippen LogP contribution < -0.4 is 4.74 Å². The maximum absolute atomic E-state index is 12.4. The van der Waals surface area contributed by atoms with Gasteiger partial charge in [0, 0.05) is 3.57 Å². The highest BCUT2D eigenvalue weighted by atomic mass is 127. The van der Waals surface area contributed by atoms with Crippen LogP contribution in [0.3, 0.4) is 0 Å². The highest BCUT2D eigenvalue weighted by Crippen LogP contribution is 2.32. The number of aromatic carboxylic acids is 1. The lowest BCUT2D eigenvalue weighted by atomic mass is 10.1. The lowest BCUT2D eigenvalue weighted by Crippen LogP contribution is -2.31. The molecule has 1 atom stereocenters. The van der Waals surface area contributed by atoms with Gasteiger partial charge in [0.15, 0.2) is 5.75 Å². The van der Waals surface area contributed by atoms with Crippen LogP contribution in [0.5, 0.6) is 5.75 Å². The number of hydrogen-bond donors (Lipinski definition) is 1. The third kappa shape index (κ3) is 4.20. The van der Waals surface area contributed by atoms with E-state index in [9.17, 15) is 22.8 Å². The Kier molecular flexibility index (Phi) is 5.63. The Morgan fingerprint density at radius 1 is 1.30 bits per heavy atom. The van der Waals surface area contributed by atoms with Crippen LogP contribution in [-0.2, 0) is 4.79 Å². The molecule has 0 heterocycles. The molecule has 0 amide bonds. The molecule has 0 bridgehead atoms. The van der Waals surface area contributed by atoms with E-state index >= 15 is 0 Å². The molecular formula is C11H7F3I2O4. The van der Waals surface area contributed by atoms with E-state index in [0.29, 0.717) is 10.5 Å². The molecule has 0 saturated heterocycles. The average Bonchev–Trinajstić information content (AvgIpc) is 2.29. The van der Waals surface area contributed by atoms with Gasteiger partial charge in [0.1, 0.15) is 11.5 Å². The van der Waals surface area contributed by atoms with Crippen molar-refractivity contribution in [2.75, 3.05) is 0 Å². The molecule has 0 aliphatic heterocycles. The number of carboxylic acids is 1. The van der Waals surface area contributed by atoms with Gasteiger partial charge in [-0.3, -0.25) is 4.79 Å². The summed E-state index contributed by atoms with van der Waals surface area (Å²) in [7, 11) is 0. The van der Waals surface area contributed by atoms with Crippen molar-refractivity contribution in [1.82, 2.24) is 0 Å². The minimum Gasteiger partial charge on any atom is -0.478 e. The largest absolute Gasteiger partial charge is 0.478 e. The van der Waals surface area contributed by atoms with Gasteiger partial charge in [0.25, 0.3) is 0 Å². The van der Waals surface area contributed by atoms with Crippen molar-refractivity contribution >= 4 is 57.1 Å². The molecule has 110 valence electrons. The minimum atomic E-state index is -4.74. The second-order valence-electron chi connectivity index (χ2n) is 3.75. The molecule has 0 aliphatic carbocycles. The number of ether oxygens (including phenoxy) is 1. The molecule has 20 heavy (non-hydrogen) atoms. The summed E-state index contributed by atoms with van der Waals surface area (Å²) in [4.78, 5) is 22.5. The van der Waals surface area contributed by atoms with Crippen LogP contribution in [-0.4, -0.2) is 23.2 Å². The zero-order chi connectivity index (χ0) is 15.7. The Morgan fingerprint density at radius 2 is 1.85 bits per heavy atom. The number of hydrogen-bond acceptors (Lipinski definition) is 3. The lowest BCUT2D eigenvalue weighted by molar-refractivity contribution is -0.187. The number of alkyl halides is 3. The van der Waals surface area contributed by atoms with E-state index in [4.69, 9.17) is 5.11 Å². The highest BCUT2D eigenvalue weighted by molar-refractivity contribution is 14.1. The fourth-order valence-corrected chi connectivity index (χ4v) is 3.10. The first-order valence-electron chi connectivity index (χ1n) is 5.04. The summed E-state index contributed by atoms with van der Waals surface area (Å²) in [5, 5.41) is 9.01. The molecule has 4 nitrogen and oxygen atoms in total. The van der Waals surface area contributed by atoms with E-state index in [-0.39, 0.29) is 14.9 Å². The quantitative estimate of drug-likeness (QED) is 0.380. The molecule has 0 fully saturated rings. The fourth-order valence-electron chi connectivity index (χ4n) is 1.15. The first kappa shape index (κ1) is 17.5. The standard InChI is InChI=1S/C11H7F3I2O4/c1-4(11(12,13)14)10(19)20-8-6(9(17)18)2-5(15)3-7(8)16/h2-4H,1H3,(H,17,18). The van der Waals surface area contributed by atoms with Crippen molar-refractivity contribution in [2.24, 2.45) is 5.92 Å². The Balaban J connectivity index is 3.16. The Labute approximate surface area is 139 Å². The van der Waals surface area contributed by atoms with E-state index < -0.39 is 24.0 Å². The second kappa shape index (κ2) is 6.45. The molecule has 9 heteroatoms. The summed E-state index contributed by atoms with van der Waals surface area (Å²) in [6, 6.07) is 2.71. The highest BCUT2D eigenvalue weighted by Gasteiger charge is 2.43. The SMILES string of the molecule is CC(C(=O)Oc1c(I)cc(I)cc1C(=O)O)C(F)(F)F. The number of benzene rings is 1. The zero-order valence-electron chi connectivity index (χ0n) is 9.79. The average molecular weight is 514 g/mol. The van der Waals surface area contributed by atoms with Gasteiger partial charge >= 0.3 is 18.1 Å². The van der Waals surface area contributed by atoms with Gasteiger partial charge in [-0.1, -0.05) is 0 Å². The molecule has 0 radical (unpaired) electrons. The molecular weight excluding hydrogens is 507 g/mol. The van der Waals surface area contributed by atoms with Gasteiger partial charge in [0.05, 0.1) is 3.57 Å². The van der Waals surface area contributed by atoms with Crippen molar-refractivity contribution in [3.05, 3.63) is 24.8 Å². The van der Waals surface area contributed by atoms with Crippen LogP contribution in [0, 0.1) is 13.1 Å². The van der Waals surface area contributed by atoms with E-state index in [1.165, 1.54) is 12.1 Å². The summed E-state index contributed by atoms with van der Waals surface area (Å²) < 4.78 is 42.7. The van der Waals surface area contributed by atoms with Crippen molar-refractivity contribution in [1.29, 1.82) is 0 Å². The third-order valence-electron chi connectivity index (χ3n) is 2.29. The summed E-state index contributed by atoms with van der Waals surface area (Å²) in [5.74, 6) is -5.64. The molecule has 0 aliphatic rings. The zero-order valence-corrected chi connectivity index (χ0v) is 14.1. The number of carbonyl (C=O) groups is 2. The molecule has 0 saturated carbocycles. The van der Waals surface area contributed by atoms with Gasteiger partial charge in [0.2, 0.25) is 0 Å². The molecule has 0 aromatic heterocycles. The van der Waals surface area contributed by atoms with Crippen LogP contribution in [0.1, 0.15) is 17.3 Å². The fraction of sp³-hybridized carbons (Fsp3) is 0.273. The van der Waals surface area contributed by atoms with E-state index in [1.54, 1.807) is 22.6 Å². The Morgan fingerprint density at radius 3 is 2.30 bits per heavy atom. The molecule has 0 spiro atoms. The maximum Gasteiger partial charge on any atom is 0.401 e. The topological polar surface area (TPSA) is 63.6 Å². The van der Waals surface area contributed by atoms with Crippen LogP contribution >= 0.6 is 45.2 Å². The summed E-state index contributed by atoms with van der Waals surface area (Å²) in [6.45, 7) is 0.655. The van der Waals surface area contributed by atoms with Gasteiger partial charge in [-0.25, -0.2) is 4.79 Å². The van der Waals surface area contributed by atoms with Gasteiger partial charge < -0.3 is 9.84 Å². The third-order valence-corrected chi connectivity index (χ3v) is 3.71. The molecule has 1 N–H and O–H groups in total. The van der Waals surface area contributed by atoms with E-state index in [0.717, 1.165) is 0 Å². The first-order valence-corrected chi connectivity index (χ1v) is 7.20. The number of rotatable bonds is 3. The minimum absolute atomic E-state index is 0.245. The number of esters is 1. The molecule has 1 unspecified atom stereocenters. The lowest BCUT2D eigenvalue weighted by Gasteiger charge is -2.16. The van der Waals surface area contributed by atoms with Gasteiger partial charge in [-0.2, -0.15) is 13.2 Å². The first-order chi connectivity index (χ1) is 9.04. The molecule has 1 rings (SSSR count). The number of carboxylic acid groups (broad SMARTS) is 1. The van der Waals surface area contributed by atoms with Crippen LogP contribution in [0.25, 0.3) is 0 Å². The number of halogens is 5. The summed E-state index contributed by atoms with van der Waals surface area (Å²) in [6.07, 6.45) is -4.74. The maximum atomic E-state index is 12.4. The van der Waals surface area contributed by atoms with Crippen molar-refractivity contribution in [3.8, 4) is 5.75 Å². The number of carbonyl (C=O) groups excluding carboxylic acids is 1. The van der Waals surface area contributed by atoms with Crippen LogP contribution in [0.15, 0.2) is 12.1 Å². The monoisotopic (exact) mass is 514 g/mol. The Hall–Kier alpha value is -0.590. The Bertz CT molecular complexity index is 557. The summed E-state index contributed by atoms with van der Waals surface area (Å²) >= 11 is 3.55.